The van der Waals surface area contributed by atoms with Crippen LogP contribution in [-0.4, -0.2) is 79.2 Å². The molecular formula is C17H28N5O3+. The Hall–Kier alpha value is -2.06. The number of morpholine rings is 1. The van der Waals surface area contributed by atoms with Gasteiger partial charge in [0, 0.05) is 31.9 Å². The normalized spacial score (nSPS) is 14.9. The Balaban J connectivity index is 1.72. The van der Waals surface area contributed by atoms with Crippen molar-refractivity contribution in [3.05, 3.63) is 24.3 Å². The van der Waals surface area contributed by atoms with Gasteiger partial charge in [-0.2, -0.15) is 0 Å². The Morgan fingerprint density at radius 3 is 2.76 bits per heavy atom. The zero-order chi connectivity index (χ0) is 17.9. The zero-order valence-corrected chi connectivity index (χ0v) is 14.9. The first kappa shape index (κ1) is 19.3. The molecule has 0 atom stereocenters. The number of hydrogen-bond donors (Lipinski definition) is 2. The highest BCUT2D eigenvalue weighted by Crippen LogP contribution is 2.02. The van der Waals surface area contributed by atoms with E-state index in [-0.39, 0.29) is 11.8 Å². The number of amides is 2. The van der Waals surface area contributed by atoms with Crippen molar-refractivity contribution >= 4 is 11.8 Å². The quantitative estimate of drug-likeness (QED) is 0.581. The van der Waals surface area contributed by atoms with E-state index in [4.69, 9.17) is 4.74 Å². The average Bonchev–Trinajstić information content (AvgIpc) is 2.66. The smallest absolute Gasteiger partial charge is 0.274 e. The predicted octanol–water partition coefficient (Wildman–Crippen LogP) is -1.25. The second kappa shape index (κ2) is 10.7. The summed E-state index contributed by atoms with van der Waals surface area (Å²) in [5.74, 6) is -0.207. The second-order valence-electron chi connectivity index (χ2n) is 6.10. The van der Waals surface area contributed by atoms with E-state index in [2.05, 4.69) is 15.3 Å². The van der Waals surface area contributed by atoms with Gasteiger partial charge >= 0.3 is 0 Å². The van der Waals surface area contributed by atoms with Gasteiger partial charge in [-0.3, -0.25) is 14.6 Å². The molecule has 1 aliphatic heterocycles. The van der Waals surface area contributed by atoms with Crippen LogP contribution in [0.5, 0.6) is 0 Å². The number of nitrogens with one attached hydrogen (secondary N) is 2. The molecule has 1 fully saturated rings. The van der Waals surface area contributed by atoms with Crippen LogP contribution in [0.4, 0.5) is 0 Å². The highest BCUT2D eigenvalue weighted by Gasteiger charge is 2.18. The molecule has 0 spiro atoms. The molecule has 25 heavy (non-hydrogen) atoms. The summed E-state index contributed by atoms with van der Waals surface area (Å²) < 4.78 is 5.32. The maximum atomic E-state index is 12.4. The van der Waals surface area contributed by atoms with Gasteiger partial charge in [0.15, 0.2) is 0 Å². The van der Waals surface area contributed by atoms with Crippen LogP contribution < -0.4 is 10.2 Å². The first-order valence-electron chi connectivity index (χ1n) is 8.94. The summed E-state index contributed by atoms with van der Waals surface area (Å²) in [6.07, 6.45) is 5.61. The summed E-state index contributed by atoms with van der Waals surface area (Å²) in [6.45, 7) is 8.12. The lowest BCUT2D eigenvalue weighted by molar-refractivity contribution is -0.906. The molecule has 1 saturated heterocycles. The van der Waals surface area contributed by atoms with E-state index in [1.807, 2.05) is 6.92 Å². The van der Waals surface area contributed by atoms with Crippen molar-refractivity contribution in [3.63, 3.8) is 0 Å². The highest BCUT2D eigenvalue weighted by molar-refractivity contribution is 5.92. The van der Waals surface area contributed by atoms with E-state index in [0.717, 1.165) is 39.3 Å². The van der Waals surface area contributed by atoms with Gasteiger partial charge in [-0.25, -0.2) is 4.98 Å². The summed E-state index contributed by atoms with van der Waals surface area (Å²) in [6, 6.07) is 0. The molecule has 8 nitrogen and oxygen atoms in total. The predicted molar refractivity (Wildman–Crippen MR) is 92.2 cm³/mol. The summed E-state index contributed by atoms with van der Waals surface area (Å²) >= 11 is 0. The van der Waals surface area contributed by atoms with Crippen molar-refractivity contribution in [1.82, 2.24) is 20.2 Å². The Kier molecular flexibility index (Phi) is 8.27. The third-order valence-corrected chi connectivity index (χ3v) is 4.17. The molecule has 0 saturated carbocycles. The second-order valence-corrected chi connectivity index (χ2v) is 6.10. The number of quaternary nitrogens is 1. The molecule has 2 heterocycles. The number of ether oxygens (including phenoxy) is 1. The Bertz CT molecular complexity index is 534. The Labute approximate surface area is 148 Å². The van der Waals surface area contributed by atoms with Gasteiger partial charge < -0.3 is 19.9 Å². The molecule has 0 radical (unpaired) electrons. The van der Waals surface area contributed by atoms with Crippen molar-refractivity contribution in [2.45, 2.75) is 19.8 Å². The van der Waals surface area contributed by atoms with Crippen LogP contribution in [0, 0.1) is 0 Å². The number of aromatic nitrogens is 2. The minimum atomic E-state index is -0.180. The summed E-state index contributed by atoms with van der Waals surface area (Å²) in [5.41, 5.74) is 0.312. The Morgan fingerprint density at radius 2 is 2.08 bits per heavy atom. The van der Waals surface area contributed by atoms with Gasteiger partial charge in [0.05, 0.1) is 32.5 Å². The topological polar surface area (TPSA) is 88.9 Å². The molecule has 1 aromatic heterocycles. The summed E-state index contributed by atoms with van der Waals surface area (Å²) in [7, 11) is 0. The Morgan fingerprint density at radius 1 is 1.28 bits per heavy atom. The van der Waals surface area contributed by atoms with E-state index in [1.54, 1.807) is 4.90 Å². The molecule has 2 rings (SSSR count). The molecular weight excluding hydrogens is 322 g/mol. The fourth-order valence-electron chi connectivity index (χ4n) is 2.77. The van der Waals surface area contributed by atoms with E-state index in [1.165, 1.54) is 23.5 Å². The molecule has 138 valence electrons. The van der Waals surface area contributed by atoms with E-state index < -0.39 is 0 Å². The van der Waals surface area contributed by atoms with Crippen LogP contribution in [0.25, 0.3) is 0 Å². The van der Waals surface area contributed by atoms with Crippen LogP contribution >= 0.6 is 0 Å². The molecule has 2 N–H and O–H groups in total. The average molecular weight is 350 g/mol. The van der Waals surface area contributed by atoms with Crippen LogP contribution in [0.3, 0.4) is 0 Å². The van der Waals surface area contributed by atoms with Gasteiger partial charge in [0.2, 0.25) is 5.91 Å². The number of carbonyl (C=O) groups excluding carboxylic acids is 2. The maximum Gasteiger partial charge on any atom is 0.274 e. The standard InChI is InChI=1S/C17H27N5O3/c1-2-7-22(17(24)15-14-18-4-5-19-15)8-3-16(23)20-6-9-21-10-12-25-13-11-21/h4-5,14H,2-3,6-13H2,1H3,(H,20,23)/p+1. The van der Waals surface area contributed by atoms with Gasteiger partial charge in [-0.1, -0.05) is 6.92 Å². The van der Waals surface area contributed by atoms with Gasteiger partial charge in [-0.05, 0) is 6.42 Å². The fraction of sp³-hybridized carbons (Fsp3) is 0.647. The number of rotatable bonds is 9. The van der Waals surface area contributed by atoms with Gasteiger partial charge in [-0.15, -0.1) is 0 Å². The maximum absolute atomic E-state index is 12.4. The molecule has 8 heteroatoms. The van der Waals surface area contributed by atoms with Crippen LogP contribution in [0.1, 0.15) is 30.3 Å². The largest absolute Gasteiger partial charge is 0.370 e. The first-order valence-corrected chi connectivity index (χ1v) is 8.94. The van der Waals surface area contributed by atoms with E-state index in [9.17, 15) is 9.59 Å². The molecule has 1 aromatic rings. The van der Waals surface area contributed by atoms with Crippen LogP contribution in [0.15, 0.2) is 18.6 Å². The molecule has 0 unspecified atom stereocenters. The van der Waals surface area contributed by atoms with Crippen molar-refractivity contribution in [1.29, 1.82) is 0 Å². The van der Waals surface area contributed by atoms with Gasteiger partial charge in [0.25, 0.3) is 5.91 Å². The molecule has 0 aliphatic carbocycles. The summed E-state index contributed by atoms with van der Waals surface area (Å²) in [4.78, 5) is 35.6. The molecule has 1 aliphatic rings. The fourth-order valence-corrected chi connectivity index (χ4v) is 2.77. The van der Waals surface area contributed by atoms with Crippen molar-refractivity contribution in [2.75, 3.05) is 52.5 Å². The van der Waals surface area contributed by atoms with Gasteiger partial charge in [0.1, 0.15) is 18.8 Å². The lowest BCUT2D eigenvalue weighted by Gasteiger charge is -2.24. The monoisotopic (exact) mass is 350 g/mol. The highest BCUT2D eigenvalue weighted by atomic mass is 16.5. The van der Waals surface area contributed by atoms with E-state index in [0.29, 0.717) is 31.7 Å². The van der Waals surface area contributed by atoms with E-state index >= 15 is 0 Å². The summed E-state index contributed by atoms with van der Waals surface area (Å²) in [5, 5.41) is 2.94. The number of nitrogens with zero attached hydrogens (tertiary/aromatic N) is 3. The zero-order valence-electron chi connectivity index (χ0n) is 14.9. The minimum absolute atomic E-state index is 0.0271. The van der Waals surface area contributed by atoms with Crippen LogP contribution in [-0.2, 0) is 9.53 Å². The van der Waals surface area contributed by atoms with Crippen molar-refractivity contribution < 1.29 is 19.2 Å². The van der Waals surface area contributed by atoms with Crippen molar-refractivity contribution in [2.24, 2.45) is 0 Å². The lowest BCUT2D eigenvalue weighted by Crippen LogP contribution is -3.14. The number of hydrogen-bond acceptors (Lipinski definition) is 5. The third kappa shape index (κ3) is 6.75. The van der Waals surface area contributed by atoms with Crippen LogP contribution in [0.2, 0.25) is 0 Å². The molecule has 0 bridgehead atoms. The first-order chi connectivity index (χ1) is 12.2. The lowest BCUT2D eigenvalue weighted by atomic mass is 10.3. The number of carbonyl (C=O) groups is 2. The molecule has 2 amide bonds. The van der Waals surface area contributed by atoms with Crippen molar-refractivity contribution in [3.8, 4) is 0 Å². The minimum Gasteiger partial charge on any atom is -0.370 e. The third-order valence-electron chi connectivity index (χ3n) is 4.17. The molecule has 0 aromatic carbocycles. The SMILES string of the molecule is CCCN(CCC(=O)NCC[NH+]1CCOCC1)C(=O)c1cnccn1.